The number of alkyl halides is 2. The van der Waals surface area contributed by atoms with Crippen molar-refractivity contribution >= 4 is 64.4 Å². The van der Waals surface area contributed by atoms with Crippen molar-refractivity contribution in [3.8, 4) is 0 Å². The van der Waals surface area contributed by atoms with E-state index in [2.05, 4.69) is 10.6 Å². The van der Waals surface area contributed by atoms with Crippen molar-refractivity contribution in [1.29, 1.82) is 0 Å². The third-order valence-electron chi connectivity index (χ3n) is 4.33. The number of hydrogen-bond donors (Lipinski definition) is 2. The van der Waals surface area contributed by atoms with E-state index >= 15 is 0 Å². The Hall–Kier alpha value is -1.53. The molecule has 0 bridgehead atoms. The lowest BCUT2D eigenvalue weighted by Crippen LogP contribution is -2.18. The molecular formula is C18H13Cl4FN2O2. The molecular weight excluding hydrogens is 437 g/mol. The van der Waals surface area contributed by atoms with Crippen LogP contribution in [0.15, 0.2) is 36.4 Å². The fourth-order valence-electron chi connectivity index (χ4n) is 2.93. The lowest BCUT2D eigenvalue weighted by atomic mass is 10.1. The molecule has 2 amide bonds. The number of carbonyl (C=O) groups is 2. The summed E-state index contributed by atoms with van der Waals surface area (Å²) in [6.45, 7) is 0.00329. The summed E-state index contributed by atoms with van der Waals surface area (Å²) in [6, 6.07) is 9.01. The Balaban J connectivity index is 1.76. The third-order valence-corrected chi connectivity index (χ3v) is 6.01. The zero-order valence-electron chi connectivity index (χ0n) is 13.6. The fraction of sp³-hybridized carbons (Fsp3) is 0.222. The third kappa shape index (κ3) is 4.16. The van der Waals surface area contributed by atoms with Crippen LogP contribution < -0.4 is 10.6 Å². The fourth-order valence-corrected chi connectivity index (χ4v) is 4.07. The van der Waals surface area contributed by atoms with Gasteiger partial charge in [-0.2, -0.15) is 0 Å². The van der Waals surface area contributed by atoms with E-state index < -0.39 is 27.9 Å². The molecule has 1 aliphatic rings. The van der Waals surface area contributed by atoms with Crippen molar-refractivity contribution in [1.82, 2.24) is 5.32 Å². The predicted molar refractivity (Wildman–Crippen MR) is 105 cm³/mol. The average Bonchev–Trinajstić information content (AvgIpc) is 3.20. The Bertz CT molecular complexity index is 907. The van der Waals surface area contributed by atoms with E-state index in [-0.39, 0.29) is 12.1 Å². The molecule has 0 aliphatic heterocycles. The second-order valence-corrected chi connectivity index (χ2v) is 8.36. The highest BCUT2D eigenvalue weighted by atomic mass is 35.5. The number of halogens is 5. The highest BCUT2D eigenvalue weighted by molar-refractivity contribution is 6.53. The normalized spacial score (nSPS) is 20.0. The molecule has 9 heteroatoms. The summed E-state index contributed by atoms with van der Waals surface area (Å²) < 4.78 is 12.5. The first kappa shape index (κ1) is 20.2. The summed E-state index contributed by atoms with van der Waals surface area (Å²) in [6.07, 6.45) is 0.464. The Morgan fingerprint density at radius 1 is 1.15 bits per heavy atom. The molecule has 3 rings (SSSR count). The van der Waals surface area contributed by atoms with E-state index in [1.807, 2.05) is 0 Å². The minimum Gasteiger partial charge on any atom is -0.354 e. The van der Waals surface area contributed by atoms with Crippen LogP contribution in [0.4, 0.5) is 10.1 Å². The molecule has 1 unspecified atom stereocenters. The number of carbonyl (C=O) groups excluding carboxylic acids is 2. The van der Waals surface area contributed by atoms with E-state index in [0.717, 1.165) is 0 Å². The van der Waals surface area contributed by atoms with Crippen LogP contribution in [0, 0.1) is 11.7 Å². The van der Waals surface area contributed by atoms with Gasteiger partial charge >= 0.3 is 0 Å². The Morgan fingerprint density at radius 3 is 2.56 bits per heavy atom. The van der Waals surface area contributed by atoms with Crippen molar-refractivity contribution in [3.63, 3.8) is 0 Å². The number of anilines is 1. The summed E-state index contributed by atoms with van der Waals surface area (Å²) >= 11 is 24.5. The lowest BCUT2D eigenvalue weighted by Gasteiger charge is -2.08. The number of nitrogens with one attached hydrogen (secondary N) is 2. The Morgan fingerprint density at radius 2 is 1.89 bits per heavy atom. The molecule has 2 aromatic carbocycles. The van der Waals surface area contributed by atoms with Crippen molar-refractivity contribution in [3.05, 3.63) is 63.4 Å². The van der Waals surface area contributed by atoms with Gasteiger partial charge in [0.05, 0.1) is 16.0 Å². The van der Waals surface area contributed by atoms with Gasteiger partial charge in [0.1, 0.15) is 10.2 Å². The van der Waals surface area contributed by atoms with Crippen LogP contribution in [0.2, 0.25) is 10.0 Å². The number of rotatable bonds is 6. The predicted octanol–water partition coefficient (Wildman–Crippen LogP) is 4.90. The van der Waals surface area contributed by atoms with Crippen LogP contribution in [0.3, 0.4) is 0 Å². The molecule has 0 saturated heterocycles. The highest BCUT2D eigenvalue weighted by Gasteiger charge is 2.67. The molecule has 0 heterocycles. The highest BCUT2D eigenvalue weighted by Crippen LogP contribution is 2.65. The molecule has 0 radical (unpaired) electrons. The smallest absolute Gasteiger partial charge is 0.231 e. The van der Waals surface area contributed by atoms with Gasteiger partial charge in [-0.25, -0.2) is 4.39 Å². The van der Waals surface area contributed by atoms with Gasteiger partial charge in [-0.15, -0.1) is 23.2 Å². The average molecular weight is 450 g/mol. The van der Waals surface area contributed by atoms with Crippen LogP contribution in [0.25, 0.3) is 0 Å². The molecule has 1 aliphatic carbocycles. The van der Waals surface area contributed by atoms with Gasteiger partial charge in [0, 0.05) is 23.7 Å². The van der Waals surface area contributed by atoms with E-state index in [1.165, 1.54) is 18.2 Å². The summed E-state index contributed by atoms with van der Waals surface area (Å²) in [5.74, 6) is -2.06. The molecule has 142 valence electrons. The monoisotopic (exact) mass is 448 g/mol. The van der Waals surface area contributed by atoms with Gasteiger partial charge in [0.2, 0.25) is 12.3 Å². The van der Waals surface area contributed by atoms with Gasteiger partial charge in [-0.05, 0) is 35.9 Å². The summed E-state index contributed by atoms with van der Waals surface area (Å²) in [7, 11) is 0. The van der Waals surface area contributed by atoms with Crippen LogP contribution in [0.5, 0.6) is 0 Å². The van der Waals surface area contributed by atoms with E-state index in [1.54, 1.807) is 18.2 Å². The maximum absolute atomic E-state index is 13.7. The van der Waals surface area contributed by atoms with Gasteiger partial charge in [-0.3, -0.25) is 9.59 Å². The molecule has 27 heavy (non-hydrogen) atoms. The lowest BCUT2D eigenvalue weighted by molar-refractivity contribution is -0.117. The van der Waals surface area contributed by atoms with Crippen LogP contribution in [-0.2, 0) is 16.1 Å². The maximum atomic E-state index is 13.7. The summed E-state index contributed by atoms with van der Waals surface area (Å²) in [5, 5.41) is 5.78. The Kier molecular flexibility index (Phi) is 5.87. The van der Waals surface area contributed by atoms with Crippen LogP contribution >= 0.6 is 46.4 Å². The van der Waals surface area contributed by atoms with Gasteiger partial charge in [0.15, 0.2) is 0 Å². The van der Waals surface area contributed by atoms with Gasteiger partial charge in [0.25, 0.3) is 0 Å². The second kappa shape index (κ2) is 7.84. The van der Waals surface area contributed by atoms with Crippen molar-refractivity contribution < 1.29 is 14.0 Å². The number of hydrogen-bond acceptors (Lipinski definition) is 2. The molecule has 1 fully saturated rings. The molecule has 4 nitrogen and oxygen atoms in total. The van der Waals surface area contributed by atoms with Crippen molar-refractivity contribution in [2.24, 2.45) is 5.92 Å². The first-order valence-electron chi connectivity index (χ1n) is 7.84. The standard InChI is InChI=1S/C18H13Cl4FN2O2/c19-12-3-1-9(6-13(12)20)15-16(18(15,21)22)17(27)25-11-2-4-14(23)10(5-11)7-24-8-26/h1-6,8,15-16H,7H2,(H,24,26)(H,25,27)/t15-,16?/m0/s1. The number of amides is 2. The zero-order chi connectivity index (χ0) is 19.8. The topological polar surface area (TPSA) is 58.2 Å². The number of benzene rings is 2. The molecule has 2 atom stereocenters. The second-order valence-electron chi connectivity index (χ2n) is 6.10. The van der Waals surface area contributed by atoms with Gasteiger partial charge in [-0.1, -0.05) is 29.3 Å². The summed E-state index contributed by atoms with van der Waals surface area (Å²) in [4.78, 5) is 23.0. The van der Waals surface area contributed by atoms with Crippen LogP contribution in [-0.4, -0.2) is 16.7 Å². The molecule has 2 aromatic rings. The molecule has 2 N–H and O–H groups in total. The molecule has 0 aromatic heterocycles. The largest absolute Gasteiger partial charge is 0.354 e. The Labute approximate surface area is 174 Å². The van der Waals surface area contributed by atoms with E-state index in [4.69, 9.17) is 46.4 Å². The quantitative estimate of drug-likeness (QED) is 0.486. The van der Waals surface area contributed by atoms with Gasteiger partial charge < -0.3 is 10.6 Å². The first-order valence-corrected chi connectivity index (χ1v) is 9.36. The minimum absolute atomic E-state index is 0.00329. The van der Waals surface area contributed by atoms with Crippen LogP contribution in [0.1, 0.15) is 17.0 Å². The zero-order valence-corrected chi connectivity index (χ0v) is 16.6. The van der Waals surface area contributed by atoms with Crippen molar-refractivity contribution in [2.45, 2.75) is 16.8 Å². The van der Waals surface area contributed by atoms with E-state index in [0.29, 0.717) is 27.7 Å². The molecule has 0 spiro atoms. The SMILES string of the molecule is O=CNCc1cc(NC(=O)C2[C@H](c3ccc(Cl)c(Cl)c3)C2(Cl)Cl)ccc1F. The van der Waals surface area contributed by atoms with E-state index in [9.17, 15) is 14.0 Å². The van der Waals surface area contributed by atoms with Crippen molar-refractivity contribution in [2.75, 3.05) is 5.32 Å². The minimum atomic E-state index is -1.29. The maximum Gasteiger partial charge on any atom is 0.231 e. The summed E-state index contributed by atoms with van der Waals surface area (Å²) in [5.41, 5.74) is 1.30. The molecule has 1 saturated carbocycles. The first-order chi connectivity index (χ1) is 12.8.